The topological polar surface area (TPSA) is 50.9 Å². The van der Waals surface area contributed by atoms with Crippen molar-refractivity contribution in [3.8, 4) is 0 Å². The highest BCUT2D eigenvalue weighted by Crippen LogP contribution is 2.17. The van der Waals surface area contributed by atoms with Crippen molar-refractivity contribution in [1.82, 2.24) is 10.4 Å². The molecular formula is C8H13N3S. The summed E-state index contributed by atoms with van der Waals surface area (Å²) in [6, 6.07) is 0.161. The first kappa shape index (κ1) is 9.38. The summed E-state index contributed by atoms with van der Waals surface area (Å²) in [5.41, 5.74) is 5.57. The molecule has 4 heteroatoms. The van der Waals surface area contributed by atoms with E-state index in [1.54, 1.807) is 11.3 Å². The molecule has 0 aromatic carbocycles. The minimum absolute atomic E-state index is 0.161. The van der Waals surface area contributed by atoms with Gasteiger partial charge in [0.25, 0.3) is 0 Å². The number of allylic oxidation sites excluding steroid dienone is 1. The fourth-order valence-electron chi connectivity index (χ4n) is 0.995. The zero-order valence-electron chi connectivity index (χ0n) is 6.86. The van der Waals surface area contributed by atoms with Gasteiger partial charge in [-0.25, -0.2) is 4.98 Å². The number of nitrogens with zero attached hydrogens (tertiary/aromatic N) is 1. The van der Waals surface area contributed by atoms with Gasteiger partial charge in [0.1, 0.15) is 0 Å². The molecule has 1 rings (SSSR count). The Balaban J connectivity index is 2.51. The van der Waals surface area contributed by atoms with Crippen LogP contribution in [0, 0.1) is 0 Å². The summed E-state index contributed by atoms with van der Waals surface area (Å²) in [5.74, 6) is 5.39. The minimum atomic E-state index is 0.161. The molecule has 0 spiro atoms. The molecule has 1 atom stereocenters. The van der Waals surface area contributed by atoms with E-state index >= 15 is 0 Å². The van der Waals surface area contributed by atoms with Crippen LogP contribution in [0.2, 0.25) is 0 Å². The molecule has 1 heterocycles. The van der Waals surface area contributed by atoms with Gasteiger partial charge in [-0.2, -0.15) is 0 Å². The van der Waals surface area contributed by atoms with Crippen LogP contribution in [0.5, 0.6) is 0 Å². The van der Waals surface area contributed by atoms with Crippen molar-refractivity contribution in [3.05, 3.63) is 29.2 Å². The van der Waals surface area contributed by atoms with Crippen LogP contribution in [0.15, 0.2) is 23.5 Å². The molecule has 0 bridgehead atoms. The smallest absolute Gasteiger partial charge is 0.0795 e. The number of hydrazine groups is 1. The number of aromatic nitrogens is 1. The van der Waals surface area contributed by atoms with Gasteiger partial charge in [-0.1, -0.05) is 6.08 Å². The van der Waals surface area contributed by atoms with Crippen LogP contribution in [0.4, 0.5) is 0 Å². The van der Waals surface area contributed by atoms with E-state index in [-0.39, 0.29) is 6.04 Å². The van der Waals surface area contributed by atoms with Crippen LogP contribution >= 0.6 is 11.3 Å². The van der Waals surface area contributed by atoms with Crippen LogP contribution in [-0.4, -0.2) is 4.98 Å². The molecule has 0 aliphatic heterocycles. The van der Waals surface area contributed by atoms with Gasteiger partial charge in [-0.3, -0.25) is 11.3 Å². The maximum Gasteiger partial charge on any atom is 0.0795 e. The third-order valence-electron chi connectivity index (χ3n) is 1.67. The van der Waals surface area contributed by atoms with E-state index in [1.165, 1.54) is 0 Å². The van der Waals surface area contributed by atoms with Gasteiger partial charge in [0.15, 0.2) is 0 Å². The van der Waals surface area contributed by atoms with Gasteiger partial charge in [-0.05, 0) is 12.8 Å². The molecule has 3 nitrogen and oxygen atoms in total. The first-order valence-corrected chi connectivity index (χ1v) is 4.78. The fourth-order valence-corrected chi connectivity index (χ4v) is 1.60. The zero-order valence-corrected chi connectivity index (χ0v) is 7.68. The van der Waals surface area contributed by atoms with Gasteiger partial charge in [0.2, 0.25) is 0 Å². The second kappa shape index (κ2) is 5.03. The first-order valence-electron chi connectivity index (χ1n) is 3.83. The summed E-state index contributed by atoms with van der Waals surface area (Å²) in [7, 11) is 0. The second-order valence-corrected chi connectivity index (χ2v) is 3.22. The van der Waals surface area contributed by atoms with Crippen molar-refractivity contribution in [2.24, 2.45) is 5.84 Å². The van der Waals surface area contributed by atoms with Crippen molar-refractivity contribution < 1.29 is 0 Å². The van der Waals surface area contributed by atoms with Crippen LogP contribution in [-0.2, 0) is 0 Å². The predicted octanol–water partition coefficient (Wildman–Crippen LogP) is 1.61. The molecule has 66 valence electrons. The number of thiazole rings is 1. The van der Waals surface area contributed by atoms with Gasteiger partial charge < -0.3 is 0 Å². The van der Waals surface area contributed by atoms with Crippen LogP contribution in [0.25, 0.3) is 0 Å². The zero-order chi connectivity index (χ0) is 8.81. The summed E-state index contributed by atoms with van der Waals surface area (Å²) in [6.07, 6.45) is 3.78. The molecule has 12 heavy (non-hydrogen) atoms. The number of nitrogens with two attached hydrogens (primary N) is 1. The molecule has 0 aliphatic carbocycles. The van der Waals surface area contributed by atoms with Crippen molar-refractivity contribution in [1.29, 1.82) is 0 Å². The second-order valence-electron chi connectivity index (χ2n) is 2.50. The highest BCUT2D eigenvalue weighted by Gasteiger charge is 2.09. The standard InChI is InChI=1S/C8H13N3S/c1-2-3-4-7(11-9)8-5-12-6-10-8/h2,5-7,11H,1,3-4,9H2. The van der Waals surface area contributed by atoms with E-state index in [2.05, 4.69) is 17.0 Å². The average Bonchev–Trinajstić information content (AvgIpc) is 2.59. The largest absolute Gasteiger partial charge is 0.271 e. The lowest BCUT2D eigenvalue weighted by Gasteiger charge is -2.11. The molecule has 0 fully saturated rings. The Labute approximate surface area is 76.3 Å². The molecule has 3 N–H and O–H groups in total. The quantitative estimate of drug-likeness (QED) is 0.414. The summed E-state index contributed by atoms with van der Waals surface area (Å²) in [5, 5.41) is 2.01. The van der Waals surface area contributed by atoms with Crippen LogP contribution < -0.4 is 11.3 Å². The Morgan fingerprint density at radius 3 is 3.17 bits per heavy atom. The predicted molar refractivity (Wildman–Crippen MR) is 51.6 cm³/mol. The van der Waals surface area contributed by atoms with Crippen molar-refractivity contribution >= 4 is 11.3 Å². The highest BCUT2D eigenvalue weighted by atomic mass is 32.1. The lowest BCUT2D eigenvalue weighted by atomic mass is 10.1. The summed E-state index contributed by atoms with van der Waals surface area (Å²) in [4.78, 5) is 4.18. The van der Waals surface area contributed by atoms with E-state index in [0.717, 1.165) is 18.5 Å². The summed E-state index contributed by atoms with van der Waals surface area (Å²) < 4.78 is 0. The molecule has 1 aromatic rings. The van der Waals surface area contributed by atoms with E-state index < -0.39 is 0 Å². The van der Waals surface area contributed by atoms with Crippen molar-refractivity contribution in [2.45, 2.75) is 18.9 Å². The molecule has 0 radical (unpaired) electrons. The van der Waals surface area contributed by atoms with Gasteiger partial charge in [0, 0.05) is 5.38 Å². The Hall–Kier alpha value is -0.710. The van der Waals surface area contributed by atoms with E-state index in [4.69, 9.17) is 5.84 Å². The Bertz CT molecular complexity index is 220. The van der Waals surface area contributed by atoms with Gasteiger partial charge in [0.05, 0.1) is 17.2 Å². The molecule has 1 unspecified atom stereocenters. The lowest BCUT2D eigenvalue weighted by Crippen LogP contribution is -2.28. The SMILES string of the molecule is C=CCCC(NN)c1cscn1. The molecule has 0 aliphatic rings. The summed E-state index contributed by atoms with van der Waals surface area (Å²) >= 11 is 1.58. The Morgan fingerprint density at radius 1 is 1.83 bits per heavy atom. The Morgan fingerprint density at radius 2 is 2.67 bits per heavy atom. The van der Waals surface area contributed by atoms with Crippen molar-refractivity contribution in [3.63, 3.8) is 0 Å². The van der Waals surface area contributed by atoms with Gasteiger partial charge >= 0.3 is 0 Å². The highest BCUT2D eigenvalue weighted by molar-refractivity contribution is 7.07. The summed E-state index contributed by atoms with van der Waals surface area (Å²) in [6.45, 7) is 3.66. The van der Waals surface area contributed by atoms with Crippen LogP contribution in [0.1, 0.15) is 24.6 Å². The van der Waals surface area contributed by atoms with Gasteiger partial charge in [-0.15, -0.1) is 17.9 Å². The Kier molecular flexibility index (Phi) is 3.93. The number of rotatable bonds is 5. The molecule has 1 aromatic heterocycles. The molecule has 0 saturated carbocycles. The maximum absolute atomic E-state index is 5.39. The van der Waals surface area contributed by atoms with E-state index in [1.807, 2.05) is 17.0 Å². The first-order chi connectivity index (χ1) is 5.88. The fraction of sp³-hybridized carbons (Fsp3) is 0.375. The van der Waals surface area contributed by atoms with E-state index in [0.29, 0.717) is 0 Å². The molecule has 0 saturated heterocycles. The number of hydrogen-bond acceptors (Lipinski definition) is 4. The maximum atomic E-state index is 5.39. The van der Waals surface area contributed by atoms with Crippen LogP contribution in [0.3, 0.4) is 0 Å². The third kappa shape index (κ3) is 2.41. The van der Waals surface area contributed by atoms with E-state index in [9.17, 15) is 0 Å². The lowest BCUT2D eigenvalue weighted by molar-refractivity contribution is 0.511. The van der Waals surface area contributed by atoms with Crippen molar-refractivity contribution in [2.75, 3.05) is 0 Å². The monoisotopic (exact) mass is 183 g/mol. The molecular weight excluding hydrogens is 170 g/mol. The molecule has 0 amide bonds. The number of hydrogen-bond donors (Lipinski definition) is 2. The normalized spacial score (nSPS) is 12.8. The minimum Gasteiger partial charge on any atom is -0.271 e. The number of nitrogens with one attached hydrogen (secondary N) is 1. The third-order valence-corrected chi connectivity index (χ3v) is 2.27. The average molecular weight is 183 g/mol.